The Morgan fingerprint density at radius 1 is 1.21 bits per heavy atom. The first-order valence-electron chi connectivity index (χ1n) is 6.09. The van der Waals surface area contributed by atoms with Crippen LogP contribution in [0.3, 0.4) is 0 Å². The molecule has 82 valence electrons. The highest BCUT2D eigenvalue weighted by Gasteiger charge is 2.20. The van der Waals surface area contributed by atoms with Crippen LogP contribution in [0.4, 0.5) is 0 Å². The van der Waals surface area contributed by atoms with Crippen LogP contribution in [0.5, 0.6) is 0 Å². The molecule has 0 amide bonds. The van der Waals surface area contributed by atoms with Crippen molar-refractivity contribution in [1.82, 2.24) is 15.5 Å². The van der Waals surface area contributed by atoms with Crippen molar-refractivity contribution in [2.75, 3.05) is 45.8 Å². The third-order valence-corrected chi connectivity index (χ3v) is 3.17. The fourth-order valence-electron chi connectivity index (χ4n) is 1.99. The summed E-state index contributed by atoms with van der Waals surface area (Å²) in [6.07, 6.45) is 4.23. The van der Waals surface area contributed by atoms with Crippen LogP contribution in [-0.2, 0) is 0 Å². The van der Waals surface area contributed by atoms with Gasteiger partial charge < -0.3 is 15.5 Å². The Hall–Kier alpha value is -0.120. The van der Waals surface area contributed by atoms with Gasteiger partial charge in [0.05, 0.1) is 0 Å². The van der Waals surface area contributed by atoms with Crippen molar-refractivity contribution in [3.05, 3.63) is 0 Å². The molecule has 0 aromatic rings. The predicted molar refractivity (Wildman–Crippen MR) is 59.5 cm³/mol. The Bertz CT molecular complexity index is 149. The zero-order valence-electron chi connectivity index (χ0n) is 9.10. The molecule has 1 aliphatic carbocycles. The molecule has 0 spiro atoms. The molecule has 0 aromatic heterocycles. The van der Waals surface area contributed by atoms with Gasteiger partial charge in [0.2, 0.25) is 0 Å². The fraction of sp³-hybridized carbons (Fsp3) is 1.00. The van der Waals surface area contributed by atoms with Gasteiger partial charge in [0.1, 0.15) is 0 Å². The van der Waals surface area contributed by atoms with Gasteiger partial charge in [-0.15, -0.1) is 0 Å². The van der Waals surface area contributed by atoms with E-state index in [0.717, 1.165) is 5.92 Å². The Morgan fingerprint density at radius 2 is 2.14 bits per heavy atom. The van der Waals surface area contributed by atoms with Gasteiger partial charge in [-0.05, 0) is 44.8 Å². The number of rotatable bonds is 5. The molecular weight excluding hydrogens is 174 g/mol. The van der Waals surface area contributed by atoms with E-state index in [-0.39, 0.29) is 0 Å². The second-order valence-corrected chi connectivity index (χ2v) is 4.59. The average molecular weight is 197 g/mol. The topological polar surface area (TPSA) is 27.3 Å². The molecule has 0 bridgehead atoms. The van der Waals surface area contributed by atoms with E-state index in [1.54, 1.807) is 0 Å². The maximum absolute atomic E-state index is 3.55. The lowest BCUT2D eigenvalue weighted by molar-refractivity contribution is 0.291. The first kappa shape index (κ1) is 10.4. The lowest BCUT2D eigenvalue weighted by Crippen LogP contribution is -2.35. The van der Waals surface area contributed by atoms with Gasteiger partial charge in [-0.3, -0.25) is 0 Å². The summed E-state index contributed by atoms with van der Waals surface area (Å²) in [5.74, 6) is 1.01. The van der Waals surface area contributed by atoms with Crippen LogP contribution < -0.4 is 10.6 Å². The van der Waals surface area contributed by atoms with Gasteiger partial charge in [0.25, 0.3) is 0 Å². The van der Waals surface area contributed by atoms with E-state index in [4.69, 9.17) is 0 Å². The van der Waals surface area contributed by atoms with Crippen molar-refractivity contribution < 1.29 is 0 Å². The van der Waals surface area contributed by atoms with Crippen LogP contribution >= 0.6 is 0 Å². The smallest absolute Gasteiger partial charge is 0.0107 e. The monoisotopic (exact) mass is 197 g/mol. The molecular formula is C11H23N3. The fourth-order valence-corrected chi connectivity index (χ4v) is 1.99. The quantitative estimate of drug-likeness (QED) is 0.620. The van der Waals surface area contributed by atoms with Crippen molar-refractivity contribution in [3.63, 3.8) is 0 Å². The van der Waals surface area contributed by atoms with Crippen molar-refractivity contribution in [1.29, 1.82) is 0 Å². The normalized spacial score (nSPS) is 24.9. The van der Waals surface area contributed by atoms with Crippen molar-refractivity contribution >= 4 is 0 Å². The highest BCUT2D eigenvalue weighted by atomic mass is 15.2. The van der Waals surface area contributed by atoms with Crippen LogP contribution in [0.25, 0.3) is 0 Å². The van der Waals surface area contributed by atoms with E-state index < -0.39 is 0 Å². The summed E-state index contributed by atoms with van der Waals surface area (Å²) in [5, 5.41) is 6.99. The molecule has 0 unspecified atom stereocenters. The highest BCUT2D eigenvalue weighted by Crippen LogP contribution is 2.27. The largest absolute Gasteiger partial charge is 0.315 e. The van der Waals surface area contributed by atoms with E-state index in [1.807, 2.05) is 0 Å². The number of nitrogens with one attached hydrogen (secondary N) is 2. The molecule has 3 heteroatoms. The predicted octanol–water partition coefficient (Wildman–Crippen LogP) is 0.281. The van der Waals surface area contributed by atoms with Crippen LogP contribution in [-0.4, -0.2) is 50.7 Å². The molecule has 2 rings (SSSR count). The molecule has 0 aromatic carbocycles. The van der Waals surface area contributed by atoms with Gasteiger partial charge in [-0.2, -0.15) is 0 Å². The molecule has 2 aliphatic rings. The van der Waals surface area contributed by atoms with E-state index in [1.165, 1.54) is 65.1 Å². The first-order chi connectivity index (χ1) is 6.95. The molecule has 1 aliphatic heterocycles. The molecule has 0 atom stereocenters. The maximum atomic E-state index is 3.55. The van der Waals surface area contributed by atoms with E-state index in [2.05, 4.69) is 15.5 Å². The van der Waals surface area contributed by atoms with Gasteiger partial charge in [-0.25, -0.2) is 0 Å². The molecule has 3 nitrogen and oxygen atoms in total. The van der Waals surface area contributed by atoms with Crippen LogP contribution in [0.2, 0.25) is 0 Å². The van der Waals surface area contributed by atoms with Gasteiger partial charge >= 0.3 is 0 Å². The summed E-state index contributed by atoms with van der Waals surface area (Å²) >= 11 is 0. The van der Waals surface area contributed by atoms with Crippen molar-refractivity contribution in [2.24, 2.45) is 5.92 Å². The summed E-state index contributed by atoms with van der Waals surface area (Å²) in [4.78, 5) is 2.57. The lowest BCUT2D eigenvalue weighted by atomic mass is 10.3. The molecule has 0 radical (unpaired) electrons. The Labute approximate surface area is 87.2 Å². The second kappa shape index (κ2) is 5.69. The third-order valence-electron chi connectivity index (χ3n) is 3.17. The minimum absolute atomic E-state index is 1.01. The summed E-state index contributed by atoms with van der Waals surface area (Å²) < 4.78 is 0. The molecule has 14 heavy (non-hydrogen) atoms. The maximum Gasteiger partial charge on any atom is 0.0107 e. The zero-order valence-corrected chi connectivity index (χ0v) is 9.10. The minimum atomic E-state index is 1.01. The minimum Gasteiger partial charge on any atom is -0.315 e. The number of hydrogen-bond donors (Lipinski definition) is 2. The Kier molecular flexibility index (Phi) is 4.22. The molecule has 1 saturated carbocycles. The van der Waals surface area contributed by atoms with Gasteiger partial charge in [0, 0.05) is 26.2 Å². The standard InChI is InChI=1S/C11H23N3/c1-4-12-5-8-14(7-1)9-6-13-10-11-2-3-11/h11-13H,1-10H2. The van der Waals surface area contributed by atoms with E-state index >= 15 is 0 Å². The van der Waals surface area contributed by atoms with Crippen LogP contribution in [0, 0.1) is 5.92 Å². The van der Waals surface area contributed by atoms with Crippen molar-refractivity contribution in [3.8, 4) is 0 Å². The molecule has 1 saturated heterocycles. The lowest BCUT2D eigenvalue weighted by Gasteiger charge is -2.19. The van der Waals surface area contributed by atoms with Gasteiger partial charge in [0.15, 0.2) is 0 Å². The molecule has 1 heterocycles. The summed E-state index contributed by atoms with van der Waals surface area (Å²) in [7, 11) is 0. The summed E-state index contributed by atoms with van der Waals surface area (Å²) in [5.41, 5.74) is 0. The van der Waals surface area contributed by atoms with E-state index in [9.17, 15) is 0 Å². The van der Waals surface area contributed by atoms with Gasteiger partial charge in [-0.1, -0.05) is 0 Å². The average Bonchev–Trinajstić information content (AvgIpc) is 3.01. The summed E-state index contributed by atoms with van der Waals surface area (Å²) in [6.45, 7) is 8.54. The molecule has 2 N–H and O–H groups in total. The Balaban J connectivity index is 1.49. The Morgan fingerprint density at radius 3 is 3.00 bits per heavy atom. The van der Waals surface area contributed by atoms with Crippen LogP contribution in [0.15, 0.2) is 0 Å². The summed E-state index contributed by atoms with van der Waals surface area (Å²) in [6, 6.07) is 0. The second-order valence-electron chi connectivity index (χ2n) is 4.59. The van der Waals surface area contributed by atoms with Crippen LogP contribution in [0.1, 0.15) is 19.3 Å². The zero-order chi connectivity index (χ0) is 9.64. The number of hydrogen-bond acceptors (Lipinski definition) is 3. The SMILES string of the molecule is C1CNCCN(CCNCC2CC2)C1. The highest BCUT2D eigenvalue weighted by molar-refractivity contribution is 4.75. The van der Waals surface area contributed by atoms with Crippen molar-refractivity contribution in [2.45, 2.75) is 19.3 Å². The van der Waals surface area contributed by atoms with E-state index in [0.29, 0.717) is 0 Å². The third kappa shape index (κ3) is 3.95. The number of nitrogens with zero attached hydrogens (tertiary/aromatic N) is 1. The molecule has 2 fully saturated rings. The first-order valence-corrected chi connectivity index (χ1v) is 6.09.